The van der Waals surface area contributed by atoms with Crippen LogP contribution in [-0.4, -0.2) is 57.3 Å². The lowest BCUT2D eigenvalue weighted by Crippen LogP contribution is -2.35. The Hall–Kier alpha value is -1.31. The van der Waals surface area contributed by atoms with E-state index < -0.39 is 10.0 Å². The second kappa shape index (κ2) is 8.18. The van der Waals surface area contributed by atoms with Crippen molar-refractivity contribution in [2.45, 2.75) is 30.6 Å². The van der Waals surface area contributed by atoms with Crippen LogP contribution in [0.25, 0.3) is 0 Å². The number of carbonyl (C=O) groups is 1. The number of hydrogen-bond donors (Lipinski definition) is 0. The molecule has 1 heterocycles. The number of amides is 1. The van der Waals surface area contributed by atoms with Gasteiger partial charge in [-0.15, -0.1) is 0 Å². The van der Waals surface area contributed by atoms with Gasteiger partial charge in [0.25, 0.3) is 5.91 Å². The van der Waals surface area contributed by atoms with E-state index in [2.05, 4.69) is 0 Å². The monoisotopic (exact) mass is 374 g/mol. The number of ether oxygens (including phenoxy) is 1. The molecule has 8 heteroatoms. The van der Waals surface area contributed by atoms with E-state index >= 15 is 0 Å². The summed E-state index contributed by atoms with van der Waals surface area (Å²) in [5.74, 6) is 0.232. The number of likely N-dealkylation sites (tertiary alicyclic amines) is 1. The van der Waals surface area contributed by atoms with Crippen molar-refractivity contribution < 1.29 is 17.9 Å². The minimum atomic E-state index is -3.55. The average Bonchev–Trinajstić information content (AvgIpc) is 2.82. The second-order valence-corrected chi connectivity index (χ2v) is 8.52. The third-order valence-electron chi connectivity index (χ3n) is 3.99. The molecule has 0 radical (unpaired) electrons. The fourth-order valence-electron chi connectivity index (χ4n) is 2.52. The van der Waals surface area contributed by atoms with Gasteiger partial charge in [-0.3, -0.25) is 4.79 Å². The van der Waals surface area contributed by atoms with Gasteiger partial charge in [0.05, 0.1) is 9.92 Å². The van der Waals surface area contributed by atoms with Crippen LogP contribution in [0.1, 0.15) is 25.7 Å². The summed E-state index contributed by atoms with van der Waals surface area (Å²) in [5, 5.41) is 0.168. The molecule has 0 N–H and O–H groups in total. The Morgan fingerprint density at radius 2 is 1.83 bits per heavy atom. The van der Waals surface area contributed by atoms with Crippen LogP contribution in [0.4, 0.5) is 0 Å². The summed E-state index contributed by atoms with van der Waals surface area (Å²) in [5.41, 5.74) is 0. The van der Waals surface area contributed by atoms with Crippen molar-refractivity contribution in [2.75, 3.05) is 33.8 Å². The van der Waals surface area contributed by atoms with Crippen LogP contribution in [0.15, 0.2) is 23.1 Å². The Balaban J connectivity index is 2.01. The summed E-state index contributed by atoms with van der Waals surface area (Å²) in [7, 11) is -0.647. The smallest absolute Gasteiger partial charge is 0.260 e. The zero-order valence-electron chi connectivity index (χ0n) is 14.0. The molecule has 1 aliphatic heterocycles. The fourth-order valence-corrected chi connectivity index (χ4v) is 3.75. The molecule has 0 spiro atoms. The quantitative estimate of drug-likeness (QED) is 0.793. The van der Waals surface area contributed by atoms with Crippen LogP contribution in [0, 0.1) is 0 Å². The molecule has 0 bridgehead atoms. The fraction of sp³-hybridized carbons (Fsp3) is 0.562. The first-order valence-corrected chi connectivity index (χ1v) is 9.77. The third-order valence-corrected chi connectivity index (χ3v) is 6.10. The minimum absolute atomic E-state index is 0.0713. The number of carbonyl (C=O) groups excluding carboxylic acids is 1. The summed E-state index contributed by atoms with van der Waals surface area (Å²) in [6, 6.07) is 4.24. The molecular formula is C16H23ClN2O4S. The highest BCUT2D eigenvalue weighted by Gasteiger charge is 2.20. The molecule has 2 rings (SSSR count). The van der Waals surface area contributed by atoms with Crippen LogP contribution in [-0.2, 0) is 14.8 Å². The maximum atomic E-state index is 12.2. The van der Waals surface area contributed by atoms with Gasteiger partial charge in [-0.1, -0.05) is 24.4 Å². The van der Waals surface area contributed by atoms with Gasteiger partial charge in [0.15, 0.2) is 6.61 Å². The van der Waals surface area contributed by atoms with Crippen molar-refractivity contribution in [3.05, 3.63) is 23.2 Å². The lowest BCUT2D eigenvalue weighted by atomic mass is 10.2. The van der Waals surface area contributed by atoms with Gasteiger partial charge >= 0.3 is 0 Å². The topological polar surface area (TPSA) is 66.9 Å². The standard InChI is InChI=1S/C16H23ClN2O4S/c1-18(2)24(21,22)13-7-8-15(14(17)11-13)23-12-16(20)19-9-5-3-4-6-10-19/h7-8,11H,3-6,9-10,12H2,1-2H3. The van der Waals surface area contributed by atoms with E-state index in [1.165, 1.54) is 32.3 Å². The molecule has 24 heavy (non-hydrogen) atoms. The van der Waals surface area contributed by atoms with E-state index in [4.69, 9.17) is 16.3 Å². The average molecular weight is 375 g/mol. The van der Waals surface area contributed by atoms with Crippen molar-refractivity contribution in [3.8, 4) is 5.75 Å². The maximum absolute atomic E-state index is 12.2. The summed E-state index contributed by atoms with van der Waals surface area (Å²) in [6.07, 6.45) is 4.34. The Kier molecular flexibility index (Phi) is 6.48. The first-order valence-electron chi connectivity index (χ1n) is 7.95. The number of rotatable bonds is 5. The van der Waals surface area contributed by atoms with Crippen molar-refractivity contribution in [1.29, 1.82) is 0 Å². The largest absolute Gasteiger partial charge is 0.482 e. The van der Waals surface area contributed by atoms with Gasteiger partial charge in [0.2, 0.25) is 10.0 Å². The molecule has 1 aromatic carbocycles. The van der Waals surface area contributed by atoms with Crippen LogP contribution < -0.4 is 4.74 Å². The zero-order valence-corrected chi connectivity index (χ0v) is 15.6. The Labute approximate surface area is 148 Å². The molecule has 134 valence electrons. The van der Waals surface area contributed by atoms with E-state index in [9.17, 15) is 13.2 Å². The number of nitrogens with zero attached hydrogens (tertiary/aromatic N) is 2. The summed E-state index contributed by atoms with van der Waals surface area (Å²) in [6.45, 7) is 1.42. The number of sulfonamides is 1. The highest BCUT2D eigenvalue weighted by Crippen LogP contribution is 2.28. The number of halogens is 1. The molecule has 0 aromatic heterocycles. The first-order chi connectivity index (χ1) is 11.3. The van der Waals surface area contributed by atoms with E-state index in [1.807, 2.05) is 4.90 Å². The molecule has 1 aliphatic rings. The Morgan fingerprint density at radius 1 is 1.21 bits per heavy atom. The summed E-state index contributed by atoms with van der Waals surface area (Å²) < 4.78 is 30.7. The Bertz CT molecular complexity index is 683. The lowest BCUT2D eigenvalue weighted by molar-refractivity contribution is -0.133. The molecule has 1 amide bonds. The number of benzene rings is 1. The van der Waals surface area contributed by atoms with Gasteiger partial charge < -0.3 is 9.64 Å². The summed E-state index contributed by atoms with van der Waals surface area (Å²) >= 11 is 6.10. The predicted octanol–water partition coefficient (Wildman–Crippen LogP) is 2.37. The normalized spacial score (nSPS) is 16.1. The summed E-state index contributed by atoms with van der Waals surface area (Å²) in [4.78, 5) is 14.1. The molecule has 1 fully saturated rings. The van der Waals surface area contributed by atoms with E-state index in [1.54, 1.807) is 0 Å². The highest BCUT2D eigenvalue weighted by atomic mass is 35.5. The zero-order chi connectivity index (χ0) is 17.7. The Morgan fingerprint density at radius 3 is 2.38 bits per heavy atom. The SMILES string of the molecule is CN(C)S(=O)(=O)c1ccc(OCC(=O)N2CCCCCC2)c(Cl)c1. The molecule has 0 unspecified atom stereocenters. The predicted molar refractivity (Wildman–Crippen MR) is 92.9 cm³/mol. The molecule has 1 aromatic rings. The second-order valence-electron chi connectivity index (χ2n) is 5.96. The van der Waals surface area contributed by atoms with Gasteiger partial charge in [0.1, 0.15) is 5.75 Å². The van der Waals surface area contributed by atoms with Gasteiger partial charge in [0, 0.05) is 27.2 Å². The molecule has 0 saturated carbocycles. The molecule has 1 saturated heterocycles. The highest BCUT2D eigenvalue weighted by molar-refractivity contribution is 7.89. The molecular weight excluding hydrogens is 352 g/mol. The third kappa shape index (κ3) is 4.62. The molecule has 0 aliphatic carbocycles. The van der Waals surface area contributed by atoms with Gasteiger partial charge in [-0.25, -0.2) is 12.7 Å². The van der Waals surface area contributed by atoms with Crippen molar-refractivity contribution in [3.63, 3.8) is 0 Å². The van der Waals surface area contributed by atoms with Crippen LogP contribution in [0.2, 0.25) is 5.02 Å². The van der Waals surface area contributed by atoms with Gasteiger partial charge in [-0.2, -0.15) is 0 Å². The van der Waals surface area contributed by atoms with Crippen molar-refractivity contribution in [1.82, 2.24) is 9.21 Å². The van der Waals surface area contributed by atoms with E-state index in [0.29, 0.717) is 5.75 Å². The first kappa shape index (κ1) is 19.0. The molecule has 0 atom stereocenters. The van der Waals surface area contributed by atoms with Gasteiger partial charge in [-0.05, 0) is 31.0 Å². The van der Waals surface area contributed by atoms with Crippen LogP contribution in [0.3, 0.4) is 0 Å². The van der Waals surface area contributed by atoms with E-state index in [0.717, 1.165) is 43.1 Å². The van der Waals surface area contributed by atoms with Crippen molar-refractivity contribution in [2.24, 2.45) is 0 Å². The molecule has 6 nitrogen and oxygen atoms in total. The maximum Gasteiger partial charge on any atom is 0.260 e. The van der Waals surface area contributed by atoms with E-state index in [-0.39, 0.29) is 22.4 Å². The van der Waals surface area contributed by atoms with Crippen LogP contribution >= 0.6 is 11.6 Å². The van der Waals surface area contributed by atoms with Crippen molar-refractivity contribution >= 4 is 27.5 Å². The lowest BCUT2D eigenvalue weighted by Gasteiger charge is -2.20. The number of hydrogen-bond acceptors (Lipinski definition) is 4. The van der Waals surface area contributed by atoms with Crippen LogP contribution in [0.5, 0.6) is 5.75 Å². The minimum Gasteiger partial charge on any atom is -0.482 e.